The maximum atomic E-state index is 11.0. The lowest BCUT2D eigenvalue weighted by Gasteiger charge is -2.32. The highest BCUT2D eigenvalue weighted by Gasteiger charge is 2.16. The van der Waals surface area contributed by atoms with Gasteiger partial charge in [0.2, 0.25) is 9.47 Å². The van der Waals surface area contributed by atoms with Gasteiger partial charge in [-0.25, -0.2) is 13.6 Å². The van der Waals surface area contributed by atoms with Crippen molar-refractivity contribution in [2.75, 3.05) is 51.6 Å². The summed E-state index contributed by atoms with van der Waals surface area (Å²) in [5, 5.41) is 15.8. The first-order chi connectivity index (χ1) is 8.95. The predicted octanol–water partition coefficient (Wildman–Crippen LogP) is -1.16. The fourth-order valence-electron chi connectivity index (χ4n) is 1.79. The molecule has 1 aliphatic rings. The third kappa shape index (κ3) is 4.35. The molecule has 8 nitrogen and oxygen atoms in total. The Morgan fingerprint density at radius 2 is 2.00 bits per heavy atom. The molecule has 0 aliphatic carbocycles. The molecule has 0 saturated carbocycles. The largest absolute Gasteiger partial charge is 0.359 e. The van der Waals surface area contributed by atoms with Crippen LogP contribution in [0.15, 0.2) is 4.34 Å². The van der Waals surface area contributed by atoms with Crippen LogP contribution < -0.4 is 10.5 Å². The Hall–Kier alpha value is -0.810. The summed E-state index contributed by atoms with van der Waals surface area (Å²) in [6.45, 7) is 5.87. The van der Waals surface area contributed by atoms with Crippen LogP contribution in [0.1, 0.15) is 0 Å². The first kappa shape index (κ1) is 14.6. The van der Waals surface area contributed by atoms with E-state index in [1.807, 2.05) is 0 Å². The summed E-state index contributed by atoms with van der Waals surface area (Å²) in [5.41, 5.74) is 0. The molecule has 1 aromatic rings. The van der Waals surface area contributed by atoms with Crippen LogP contribution in [0.25, 0.3) is 0 Å². The molecule has 0 bridgehead atoms. The molecule has 10 heteroatoms. The Bertz CT molecular complexity index is 509. The summed E-state index contributed by atoms with van der Waals surface area (Å²) in [5.74, 6) is 0. The van der Waals surface area contributed by atoms with Gasteiger partial charge in [0.1, 0.15) is 0 Å². The molecule has 2 rings (SSSR count). The molecular formula is C9H18N6O2S2. The number of aromatic nitrogens is 2. The molecule has 0 aromatic carbocycles. The average molecular weight is 306 g/mol. The smallest absolute Gasteiger partial charge is 0.267 e. The topological polar surface area (TPSA) is 104 Å². The molecule has 3 N–H and O–H groups in total. The van der Waals surface area contributed by atoms with Crippen LogP contribution in [-0.4, -0.2) is 74.7 Å². The summed E-state index contributed by atoms with van der Waals surface area (Å²) < 4.78 is 21.9. The molecule has 0 atom stereocenters. The zero-order chi connectivity index (χ0) is 13.9. The molecule has 0 spiro atoms. The fraction of sp³-hybridized carbons (Fsp3) is 0.778. The normalized spacial score (nSPS) is 18.6. The lowest BCUT2D eigenvalue weighted by atomic mass is 10.3. The lowest BCUT2D eigenvalue weighted by molar-refractivity contribution is 0.158. The molecule has 108 valence electrons. The van der Waals surface area contributed by atoms with Crippen molar-refractivity contribution in [3.8, 4) is 0 Å². The van der Waals surface area contributed by atoms with E-state index in [9.17, 15) is 8.42 Å². The number of piperazine rings is 1. The summed E-state index contributed by atoms with van der Waals surface area (Å²) in [7, 11) is -1.63. The third-order valence-corrected chi connectivity index (χ3v) is 5.14. The Kier molecular flexibility index (Phi) is 4.68. The number of hydrogen-bond acceptors (Lipinski definition) is 8. The Morgan fingerprint density at radius 1 is 1.32 bits per heavy atom. The molecule has 1 aliphatic heterocycles. The minimum atomic E-state index is -3.74. The van der Waals surface area contributed by atoms with Crippen molar-refractivity contribution in [1.29, 1.82) is 0 Å². The van der Waals surface area contributed by atoms with E-state index in [4.69, 9.17) is 5.14 Å². The van der Waals surface area contributed by atoms with Gasteiger partial charge in [0.15, 0.2) is 0 Å². The number of primary sulfonamides is 1. The highest BCUT2D eigenvalue weighted by atomic mass is 32.2. The van der Waals surface area contributed by atoms with Crippen LogP contribution in [0.3, 0.4) is 0 Å². The first-order valence-electron chi connectivity index (χ1n) is 5.96. The van der Waals surface area contributed by atoms with E-state index >= 15 is 0 Å². The SMILES string of the molecule is CN1CCN(CCNc2nnc(S(N)(=O)=O)s2)CC1. The van der Waals surface area contributed by atoms with Gasteiger partial charge in [-0.3, -0.25) is 4.90 Å². The minimum Gasteiger partial charge on any atom is -0.359 e. The predicted molar refractivity (Wildman–Crippen MR) is 73.7 cm³/mol. The molecule has 19 heavy (non-hydrogen) atoms. The fourth-order valence-corrected chi connectivity index (χ4v) is 3.15. The third-order valence-electron chi connectivity index (χ3n) is 2.95. The highest BCUT2D eigenvalue weighted by molar-refractivity contribution is 7.91. The number of nitrogens with one attached hydrogen (secondary N) is 1. The second kappa shape index (κ2) is 6.09. The van der Waals surface area contributed by atoms with Gasteiger partial charge in [0, 0.05) is 39.3 Å². The summed E-state index contributed by atoms with van der Waals surface area (Å²) in [6.07, 6.45) is 0. The van der Waals surface area contributed by atoms with Gasteiger partial charge in [0.25, 0.3) is 10.0 Å². The number of sulfonamides is 1. The zero-order valence-corrected chi connectivity index (χ0v) is 12.4. The number of nitrogens with two attached hydrogens (primary N) is 1. The molecule has 0 amide bonds. The maximum Gasteiger partial charge on any atom is 0.267 e. The van der Waals surface area contributed by atoms with E-state index in [1.54, 1.807) is 0 Å². The van der Waals surface area contributed by atoms with Crippen LogP contribution in [0.5, 0.6) is 0 Å². The Morgan fingerprint density at radius 3 is 2.58 bits per heavy atom. The van der Waals surface area contributed by atoms with E-state index in [1.165, 1.54) is 0 Å². The van der Waals surface area contributed by atoms with Crippen molar-refractivity contribution in [3.63, 3.8) is 0 Å². The van der Waals surface area contributed by atoms with Gasteiger partial charge >= 0.3 is 0 Å². The van der Waals surface area contributed by atoms with Crippen LogP contribution in [0.2, 0.25) is 0 Å². The minimum absolute atomic E-state index is 0.158. The summed E-state index contributed by atoms with van der Waals surface area (Å²) in [6, 6.07) is 0. The highest BCUT2D eigenvalue weighted by Crippen LogP contribution is 2.17. The average Bonchev–Trinajstić information content (AvgIpc) is 2.80. The zero-order valence-electron chi connectivity index (χ0n) is 10.7. The number of hydrogen-bond donors (Lipinski definition) is 2. The molecule has 0 unspecified atom stereocenters. The van der Waals surface area contributed by atoms with Crippen molar-refractivity contribution in [2.24, 2.45) is 5.14 Å². The van der Waals surface area contributed by atoms with E-state index < -0.39 is 10.0 Å². The van der Waals surface area contributed by atoms with Gasteiger partial charge in [-0.05, 0) is 7.05 Å². The van der Waals surface area contributed by atoms with Crippen LogP contribution in [-0.2, 0) is 10.0 Å². The van der Waals surface area contributed by atoms with Gasteiger partial charge in [-0.1, -0.05) is 11.3 Å². The van der Waals surface area contributed by atoms with Gasteiger partial charge in [0.05, 0.1) is 0 Å². The van der Waals surface area contributed by atoms with Crippen molar-refractivity contribution in [2.45, 2.75) is 4.34 Å². The molecule has 2 heterocycles. The second-order valence-corrected chi connectivity index (χ2v) is 7.20. The van der Waals surface area contributed by atoms with Crippen molar-refractivity contribution in [1.82, 2.24) is 20.0 Å². The van der Waals surface area contributed by atoms with E-state index in [0.29, 0.717) is 11.7 Å². The number of likely N-dealkylation sites (N-methyl/N-ethyl adjacent to an activating group) is 1. The standard InChI is InChI=1S/C9H18N6O2S2/c1-14-4-6-15(7-5-14)3-2-11-8-12-13-9(18-8)19(10,16)17/h2-7H2,1H3,(H,11,12)(H2,10,16,17). The molecule has 1 aromatic heterocycles. The Balaban J connectivity index is 1.75. The molecule has 1 saturated heterocycles. The quantitative estimate of drug-likeness (QED) is 0.707. The van der Waals surface area contributed by atoms with Gasteiger partial charge < -0.3 is 10.2 Å². The van der Waals surface area contributed by atoms with Gasteiger partial charge in [-0.2, -0.15) is 0 Å². The number of anilines is 1. The Labute approximate surface area is 116 Å². The maximum absolute atomic E-state index is 11.0. The van der Waals surface area contributed by atoms with Crippen molar-refractivity contribution < 1.29 is 8.42 Å². The van der Waals surface area contributed by atoms with Gasteiger partial charge in [-0.15, -0.1) is 10.2 Å². The number of nitrogens with zero attached hydrogens (tertiary/aromatic N) is 4. The molecule has 0 radical (unpaired) electrons. The van der Waals surface area contributed by atoms with E-state index in [2.05, 4.69) is 32.4 Å². The van der Waals surface area contributed by atoms with E-state index in [-0.39, 0.29) is 4.34 Å². The van der Waals surface area contributed by atoms with Crippen LogP contribution in [0, 0.1) is 0 Å². The summed E-state index contributed by atoms with van der Waals surface area (Å²) >= 11 is 0.954. The first-order valence-corrected chi connectivity index (χ1v) is 8.32. The van der Waals surface area contributed by atoms with Crippen molar-refractivity contribution in [3.05, 3.63) is 0 Å². The molecular weight excluding hydrogens is 288 g/mol. The van der Waals surface area contributed by atoms with Crippen LogP contribution >= 0.6 is 11.3 Å². The second-order valence-electron chi connectivity index (χ2n) is 4.49. The number of rotatable bonds is 5. The van der Waals surface area contributed by atoms with Crippen molar-refractivity contribution >= 4 is 26.5 Å². The van der Waals surface area contributed by atoms with E-state index in [0.717, 1.165) is 44.1 Å². The monoisotopic (exact) mass is 306 g/mol. The molecule has 1 fully saturated rings. The summed E-state index contributed by atoms with van der Waals surface area (Å²) in [4.78, 5) is 4.65. The lowest BCUT2D eigenvalue weighted by Crippen LogP contribution is -2.45. The van der Waals surface area contributed by atoms with Crippen LogP contribution in [0.4, 0.5) is 5.13 Å².